The second-order valence-corrected chi connectivity index (χ2v) is 4.75. The molecule has 0 radical (unpaired) electrons. The highest BCUT2D eigenvalue weighted by molar-refractivity contribution is 4.88. The van der Waals surface area contributed by atoms with Crippen molar-refractivity contribution in [2.24, 2.45) is 5.92 Å². The Balaban J connectivity index is 2.44. The lowest BCUT2D eigenvalue weighted by Crippen LogP contribution is -2.46. The fourth-order valence-electron chi connectivity index (χ4n) is 2.64. The molecule has 1 aliphatic carbocycles. The van der Waals surface area contributed by atoms with Crippen LogP contribution in [0.4, 0.5) is 0 Å². The van der Waals surface area contributed by atoms with Gasteiger partial charge in [-0.25, -0.2) is 0 Å². The zero-order valence-electron chi connectivity index (χ0n) is 10.6. The van der Waals surface area contributed by atoms with Crippen LogP contribution in [0.3, 0.4) is 0 Å². The number of likely N-dealkylation sites (N-methyl/N-ethyl adjacent to an activating group) is 1. The van der Waals surface area contributed by atoms with Gasteiger partial charge in [0.2, 0.25) is 0 Å². The fraction of sp³-hybridized carbons (Fsp3) is 1.00. The number of hydrogen-bond donors (Lipinski definition) is 1. The molecule has 90 valence electrons. The highest BCUT2D eigenvalue weighted by Crippen LogP contribution is 2.35. The number of rotatable bonds is 6. The van der Waals surface area contributed by atoms with E-state index >= 15 is 0 Å². The largest absolute Gasteiger partial charge is 0.374 e. The molecule has 0 spiro atoms. The van der Waals surface area contributed by atoms with Gasteiger partial charge in [-0.2, -0.15) is 0 Å². The fourth-order valence-corrected chi connectivity index (χ4v) is 2.64. The molecule has 0 aromatic heterocycles. The number of ether oxygens (including phenoxy) is 1. The third-order valence-electron chi connectivity index (χ3n) is 3.74. The summed E-state index contributed by atoms with van der Waals surface area (Å²) in [7, 11) is 0. The molecule has 0 aromatic rings. The Morgan fingerprint density at radius 1 is 1.20 bits per heavy atom. The summed E-state index contributed by atoms with van der Waals surface area (Å²) >= 11 is 0. The SMILES string of the molecule is CCNCC1(OCC)CCC(CC)CC1. The summed E-state index contributed by atoms with van der Waals surface area (Å²) in [5, 5.41) is 3.45. The standard InChI is InChI=1S/C13H27NO/c1-4-12-7-9-13(10-8-12,15-6-3)11-14-5-2/h12,14H,4-11H2,1-3H3. The first-order valence-electron chi connectivity index (χ1n) is 6.61. The second-order valence-electron chi connectivity index (χ2n) is 4.75. The third-order valence-corrected chi connectivity index (χ3v) is 3.74. The van der Waals surface area contributed by atoms with E-state index in [4.69, 9.17) is 4.74 Å². The van der Waals surface area contributed by atoms with Crippen LogP contribution >= 0.6 is 0 Å². The van der Waals surface area contributed by atoms with E-state index in [1.165, 1.54) is 32.1 Å². The lowest BCUT2D eigenvalue weighted by Gasteiger charge is -2.40. The van der Waals surface area contributed by atoms with Gasteiger partial charge >= 0.3 is 0 Å². The number of hydrogen-bond acceptors (Lipinski definition) is 2. The quantitative estimate of drug-likeness (QED) is 0.732. The average Bonchev–Trinajstić information content (AvgIpc) is 2.28. The summed E-state index contributed by atoms with van der Waals surface area (Å²) in [6.45, 7) is 9.52. The minimum absolute atomic E-state index is 0.149. The van der Waals surface area contributed by atoms with Crippen molar-refractivity contribution in [3.63, 3.8) is 0 Å². The van der Waals surface area contributed by atoms with E-state index in [2.05, 4.69) is 26.1 Å². The van der Waals surface area contributed by atoms with Crippen molar-refractivity contribution < 1.29 is 4.74 Å². The Kier molecular flexibility index (Phi) is 5.62. The molecule has 0 bridgehead atoms. The molecule has 2 heteroatoms. The molecule has 1 fully saturated rings. The summed E-state index contributed by atoms with van der Waals surface area (Å²) in [4.78, 5) is 0. The minimum Gasteiger partial charge on any atom is -0.374 e. The van der Waals surface area contributed by atoms with E-state index < -0.39 is 0 Å². The van der Waals surface area contributed by atoms with E-state index in [1.807, 2.05) is 0 Å². The summed E-state index contributed by atoms with van der Waals surface area (Å²) in [5.41, 5.74) is 0.149. The summed E-state index contributed by atoms with van der Waals surface area (Å²) < 4.78 is 6.00. The molecule has 1 saturated carbocycles. The van der Waals surface area contributed by atoms with Gasteiger partial charge in [-0.15, -0.1) is 0 Å². The summed E-state index contributed by atoms with van der Waals surface area (Å²) in [6.07, 6.45) is 6.52. The molecule has 0 unspecified atom stereocenters. The van der Waals surface area contributed by atoms with Crippen molar-refractivity contribution in [1.82, 2.24) is 5.32 Å². The van der Waals surface area contributed by atoms with Crippen molar-refractivity contribution >= 4 is 0 Å². The predicted octanol–water partition coefficient (Wildman–Crippen LogP) is 2.97. The molecule has 0 amide bonds. The molecule has 1 N–H and O–H groups in total. The predicted molar refractivity (Wildman–Crippen MR) is 65.1 cm³/mol. The van der Waals surface area contributed by atoms with Crippen LogP contribution in [0.25, 0.3) is 0 Å². The molecule has 2 nitrogen and oxygen atoms in total. The third kappa shape index (κ3) is 3.76. The van der Waals surface area contributed by atoms with E-state index in [0.717, 1.165) is 25.6 Å². The smallest absolute Gasteiger partial charge is 0.0806 e. The van der Waals surface area contributed by atoms with Crippen molar-refractivity contribution in [1.29, 1.82) is 0 Å². The lowest BCUT2D eigenvalue weighted by atomic mass is 9.77. The van der Waals surface area contributed by atoms with Crippen molar-refractivity contribution in [2.45, 2.75) is 58.5 Å². The molecule has 0 heterocycles. The normalized spacial score (nSPS) is 31.8. The van der Waals surface area contributed by atoms with Crippen LogP contribution in [-0.2, 0) is 4.74 Å². The zero-order chi connectivity index (χ0) is 11.1. The van der Waals surface area contributed by atoms with Gasteiger partial charge in [-0.1, -0.05) is 20.3 Å². The van der Waals surface area contributed by atoms with Crippen molar-refractivity contribution in [2.75, 3.05) is 19.7 Å². The van der Waals surface area contributed by atoms with Crippen LogP contribution in [0.15, 0.2) is 0 Å². The highest BCUT2D eigenvalue weighted by Gasteiger charge is 2.34. The molecule has 0 aromatic carbocycles. The monoisotopic (exact) mass is 213 g/mol. The molecular formula is C13H27NO. The van der Waals surface area contributed by atoms with Crippen LogP contribution in [-0.4, -0.2) is 25.3 Å². The van der Waals surface area contributed by atoms with Gasteiger partial charge in [0, 0.05) is 13.2 Å². The minimum atomic E-state index is 0.149. The van der Waals surface area contributed by atoms with E-state index in [0.29, 0.717) is 0 Å². The second kappa shape index (κ2) is 6.49. The van der Waals surface area contributed by atoms with Crippen LogP contribution in [0.1, 0.15) is 52.9 Å². The van der Waals surface area contributed by atoms with Crippen LogP contribution in [0.5, 0.6) is 0 Å². The molecule has 0 atom stereocenters. The maximum Gasteiger partial charge on any atom is 0.0806 e. The van der Waals surface area contributed by atoms with Crippen LogP contribution in [0.2, 0.25) is 0 Å². The molecule has 0 aliphatic heterocycles. The first-order valence-corrected chi connectivity index (χ1v) is 6.61. The van der Waals surface area contributed by atoms with Gasteiger partial charge in [-0.05, 0) is 45.1 Å². The average molecular weight is 213 g/mol. The van der Waals surface area contributed by atoms with Crippen LogP contribution in [0, 0.1) is 5.92 Å². The van der Waals surface area contributed by atoms with Gasteiger partial charge in [0.15, 0.2) is 0 Å². The summed E-state index contributed by atoms with van der Waals surface area (Å²) in [5.74, 6) is 0.945. The first-order chi connectivity index (χ1) is 7.26. The van der Waals surface area contributed by atoms with E-state index in [-0.39, 0.29) is 5.60 Å². The molecule has 15 heavy (non-hydrogen) atoms. The van der Waals surface area contributed by atoms with Gasteiger partial charge in [-0.3, -0.25) is 0 Å². The Hall–Kier alpha value is -0.0800. The maximum absolute atomic E-state index is 6.00. The Bertz CT molecular complexity index is 162. The maximum atomic E-state index is 6.00. The van der Waals surface area contributed by atoms with Crippen LogP contribution < -0.4 is 5.32 Å². The summed E-state index contributed by atoms with van der Waals surface area (Å²) in [6, 6.07) is 0. The Labute approximate surface area is 94.8 Å². The van der Waals surface area contributed by atoms with Gasteiger partial charge in [0.25, 0.3) is 0 Å². The lowest BCUT2D eigenvalue weighted by molar-refractivity contribution is -0.0710. The van der Waals surface area contributed by atoms with Gasteiger partial charge < -0.3 is 10.1 Å². The highest BCUT2D eigenvalue weighted by atomic mass is 16.5. The Morgan fingerprint density at radius 2 is 1.87 bits per heavy atom. The van der Waals surface area contributed by atoms with E-state index in [9.17, 15) is 0 Å². The molecular weight excluding hydrogens is 186 g/mol. The van der Waals surface area contributed by atoms with Crippen molar-refractivity contribution in [3.8, 4) is 0 Å². The van der Waals surface area contributed by atoms with Crippen molar-refractivity contribution in [3.05, 3.63) is 0 Å². The topological polar surface area (TPSA) is 21.3 Å². The van der Waals surface area contributed by atoms with E-state index in [1.54, 1.807) is 0 Å². The first kappa shape index (κ1) is 13.0. The van der Waals surface area contributed by atoms with Gasteiger partial charge in [0.05, 0.1) is 5.60 Å². The molecule has 0 saturated heterocycles. The Morgan fingerprint density at radius 3 is 2.33 bits per heavy atom. The van der Waals surface area contributed by atoms with Gasteiger partial charge in [0.1, 0.15) is 0 Å². The zero-order valence-corrected chi connectivity index (χ0v) is 10.6. The molecule has 1 aliphatic rings. The number of nitrogens with one attached hydrogen (secondary N) is 1. The molecule has 1 rings (SSSR count).